The highest BCUT2D eigenvalue weighted by molar-refractivity contribution is 6.09. The molecule has 24 heavy (non-hydrogen) atoms. The van der Waals surface area contributed by atoms with E-state index >= 15 is 0 Å². The van der Waals surface area contributed by atoms with E-state index in [0.717, 1.165) is 24.8 Å². The Kier molecular flexibility index (Phi) is 8.04. The van der Waals surface area contributed by atoms with Crippen LogP contribution in [0.15, 0.2) is 30.3 Å². The number of hydrogen-bond donors (Lipinski definition) is 4. The van der Waals surface area contributed by atoms with Crippen molar-refractivity contribution in [2.75, 3.05) is 0 Å². The fourth-order valence-electron chi connectivity index (χ4n) is 2.62. The smallest absolute Gasteiger partial charge is 0.331 e. The standard InChI is InChI=1S/C18H28N2O4/c1-2-3-4-8-11-18(20,17(23)24)16(22)15(21)14(19)12-13-9-6-5-7-10-13/h5-7,9-10,14-15,21H,2-4,8,11-12,19-20H2,1H3,(H,23,24). The molecule has 0 spiro atoms. The van der Waals surface area contributed by atoms with Gasteiger partial charge in [0, 0.05) is 6.04 Å². The van der Waals surface area contributed by atoms with E-state index in [-0.39, 0.29) is 12.8 Å². The van der Waals surface area contributed by atoms with Gasteiger partial charge in [-0.25, -0.2) is 4.79 Å². The van der Waals surface area contributed by atoms with Crippen LogP contribution in [0.2, 0.25) is 0 Å². The van der Waals surface area contributed by atoms with E-state index in [1.54, 1.807) is 0 Å². The van der Waals surface area contributed by atoms with E-state index in [2.05, 4.69) is 0 Å². The number of rotatable bonds is 11. The van der Waals surface area contributed by atoms with Crippen molar-refractivity contribution in [3.63, 3.8) is 0 Å². The summed E-state index contributed by atoms with van der Waals surface area (Å²) in [6.45, 7) is 2.03. The first-order chi connectivity index (χ1) is 11.3. The van der Waals surface area contributed by atoms with Crippen LogP contribution in [-0.4, -0.2) is 39.7 Å². The lowest BCUT2D eigenvalue weighted by Gasteiger charge is -2.28. The van der Waals surface area contributed by atoms with Crippen LogP contribution >= 0.6 is 0 Å². The summed E-state index contributed by atoms with van der Waals surface area (Å²) < 4.78 is 0. The lowest BCUT2D eigenvalue weighted by atomic mass is 9.83. The minimum atomic E-state index is -2.10. The molecular weight excluding hydrogens is 308 g/mol. The normalized spacial score (nSPS) is 16.2. The van der Waals surface area contributed by atoms with E-state index in [1.165, 1.54) is 0 Å². The minimum absolute atomic E-state index is 0.00369. The van der Waals surface area contributed by atoms with Gasteiger partial charge in [-0.3, -0.25) is 4.79 Å². The Labute approximate surface area is 142 Å². The molecule has 0 aliphatic rings. The number of hydrogen-bond acceptors (Lipinski definition) is 5. The van der Waals surface area contributed by atoms with Crippen LogP contribution in [0, 0.1) is 0 Å². The Morgan fingerprint density at radius 2 is 1.79 bits per heavy atom. The van der Waals surface area contributed by atoms with Crippen molar-refractivity contribution in [1.82, 2.24) is 0 Å². The summed E-state index contributed by atoms with van der Waals surface area (Å²) in [4.78, 5) is 24.0. The number of unbranched alkanes of at least 4 members (excludes halogenated alkanes) is 3. The molecule has 0 saturated heterocycles. The number of carboxylic acids is 1. The van der Waals surface area contributed by atoms with E-state index in [0.29, 0.717) is 6.42 Å². The van der Waals surface area contributed by atoms with E-state index in [1.807, 2.05) is 37.3 Å². The molecule has 3 atom stereocenters. The molecule has 1 aromatic carbocycles. The van der Waals surface area contributed by atoms with Crippen LogP contribution in [-0.2, 0) is 16.0 Å². The van der Waals surface area contributed by atoms with Crippen molar-refractivity contribution >= 4 is 11.8 Å². The van der Waals surface area contributed by atoms with Gasteiger partial charge in [0.05, 0.1) is 0 Å². The number of carbonyl (C=O) groups is 2. The maximum atomic E-state index is 12.5. The second-order valence-corrected chi connectivity index (χ2v) is 6.25. The van der Waals surface area contributed by atoms with Gasteiger partial charge in [0.2, 0.25) is 0 Å². The molecule has 6 N–H and O–H groups in total. The zero-order valence-corrected chi connectivity index (χ0v) is 14.1. The van der Waals surface area contributed by atoms with Crippen LogP contribution in [0.3, 0.4) is 0 Å². The highest BCUT2D eigenvalue weighted by Gasteiger charge is 2.45. The van der Waals surface area contributed by atoms with Crippen LogP contribution in [0.5, 0.6) is 0 Å². The van der Waals surface area contributed by atoms with Gasteiger partial charge in [-0.15, -0.1) is 0 Å². The van der Waals surface area contributed by atoms with Gasteiger partial charge in [-0.2, -0.15) is 0 Å². The predicted molar refractivity (Wildman–Crippen MR) is 92.4 cm³/mol. The van der Waals surface area contributed by atoms with Crippen LogP contribution < -0.4 is 11.5 Å². The summed E-state index contributed by atoms with van der Waals surface area (Å²) in [6.07, 6.45) is 1.89. The van der Waals surface area contributed by atoms with Crippen LogP contribution in [0.4, 0.5) is 0 Å². The summed E-state index contributed by atoms with van der Waals surface area (Å²) in [5, 5.41) is 19.6. The van der Waals surface area contributed by atoms with Gasteiger partial charge < -0.3 is 21.7 Å². The zero-order chi connectivity index (χ0) is 18.2. The molecule has 0 aromatic heterocycles. The number of carbonyl (C=O) groups excluding carboxylic acids is 1. The summed E-state index contributed by atoms with van der Waals surface area (Å²) in [7, 11) is 0. The molecule has 0 amide bonds. The number of aliphatic hydroxyl groups excluding tert-OH is 1. The number of aliphatic hydroxyl groups is 1. The maximum Gasteiger partial charge on any atom is 0.331 e. The van der Waals surface area contributed by atoms with E-state index in [4.69, 9.17) is 11.5 Å². The highest BCUT2D eigenvalue weighted by atomic mass is 16.4. The van der Waals surface area contributed by atoms with E-state index < -0.39 is 29.4 Å². The molecule has 0 bridgehead atoms. The molecule has 0 saturated carbocycles. The van der Waals surface area contributed by atoms with Gasteiger partial charge in [0.25, 0.3) is 0 Å². The predicted octanol–water partition coefficient (Wildman–Crippen LogP) is 1.24. The average molecular weight is 336 g/mol. The molecule has 0 fully saturated rings. The molecule has 1 aromatic rings. The van der Waals surface area contributed by atoms with Crippen molar-refractivity contribution in [1.29, 1.82) is 0 Å². The highest BCUT2D eigenvalue weighted by Crippen LogP contribution is 2.19. The number of carboxylic acid groups (broad SMARTS) is 1. The summed E-state index contributed by atoms with van der Waals surface area (Å²) in [5.41, 5.74) is 10.5. The fraction of sp³-hybridized carbons (Fsp3) is 0.556. The van der Waals surface area contributed by atoms with Crippen molar-refractivity contribution in [2.45, 2.75) is 63.1 Å². The van der Waals surface area contributed by atoms with Gasteiger partial charge in [0.15, 0.2) is 11.3 Å². The Morgan fingerprint density at radius 3 is 2.33 bits per heavy atom. The SMILES string of the molecule is CCCCCCC(N)(C(=O)O)C(=O)C(O)C(N)Cc1ccccc1. The van der Waals surface area contributed by atoms with Crippen molar-refractivity contribution < 1.29 is 19.8 Å². The maximum absolute atomic E-state index is 12.5. The Balaban J connectivity index is 2.75. The van der Waals surface area contributed by atoms with Gasteiger partial charge in [0.1, 0.15) is 6.10 Å². The minimum Gasteiger partial charge on any atom is -0.480 e. The third-order valence-corrected chi connectivity index (χ3v) is 4.23. The third-order valence-electron chi connectivity index (χ3n) is 4.23. The Hall–Kier alpha value is -1.76. The molecule has 0 aliphatic carbocycles. The van der Waals surface area contributed by atoms with Gasteiger partial charge >= 0.3 is 5.97 Å². The Bertz CT molecular complexity index is 535. The van der Waals surface area contributed by atoms with Crippen LogP contribution in [0.1, 0.15) is 44.6 Å². The van der Waals surface area contributed by atoms with Crippen molar-refractivity contribution in [3.8, 4) is 0 Å². The lowest BCUT2D eigenvalue weighted by Crippen LogP contribution is -2.61. The molecule has 134 valence electrons. The first-order valence-corrected chi connectivity index (χ1v) is 8.37. The molecule has 3 unspecified atom stereocenters. The van der Waals surface area contributed by atoms with Gasteiger partial charge in [-0.1, -0.05) is 62.9 Å². The monoisotopic (exact) mass is 336 g/mol. The number of benzene rings is 1. The molecule has 6 heteroatoms. The summed E-state index contributed by atoms with van der Waals surface area (Å²) in [5.74, 6) is -2.34. The average Bonchev–Trinajstić information content (AvgIpc) is 2.57. The first-order valence-electron chi connectivity index (χ1n) is 8.37. The Morgan fingerprint density at radius 1 is 1.17 bits per heavy atom. The quantitative estimate of drug-likeness (QED) is 0.356. The molecule has 1 rings (SSSR count). The van der Waals surface area contributed by atoms with Gasteiger partial charge in [-0.05, 0) is 18.4 Å². The molecular formula is C18H28N2O4. The summed E-state index contributed by atoms with van der Waals surface area (Å²) in [6, 6.07) is 8.26. The number of aliphatic carboxylic acids is 1. The number of Topliss-reactive ketones (excluding diaryl/α,β-unsaturated/α-hetero) is 1. The third kappa shape index (κ3) is 5.40. The molecule has 0 radical (unpaired) electrons. The topological polar surface area (TPSA) is 127 Å². The van der Waals surface area contributed by atoms with Crippen molar-refractivity contribution in [2.24, 2.45) is 11.5 Å². The second-order valence-electron chi connectivity index (χ2n) is 6.25. The largest absolute Gasteiger partial charge is 0.480 e. The zero-order valence-electron chi connectivity index (χ0n) is 14.1. The first kappa shape index (κ1) is 20.3. The lowest BCUT2D eigenvalue weighted by molar-refractivity contribution is -0.152. The molecule has 6 nitrogen and oxygen atoms in total. The molecule has 0 aliphatic heterocycles. The van der Waals surface area contributed by atoms with Crippen LogP contribution in [0.25, 0.3) is 0 Å². The number of nitrogens with two attached hydrogens (primary N) is 2. The number of ketones is 1. The second kappa shape index (κ2) is 9.52. The fourth-order valence-corrected chi connectivity index (χ4v) is 2.62. The van der Waals surface area contributed by atoms with Crippen molar-refractivity contribution in [3.05, 3.63) is 35.9 Å². The molecule has 0 heterocycles. The summed E-state index contributed by atoms with van der Waals surface area (Å²) >= 11 is 0. The van der Waals surface area contributed by atoms with E-state index in [9.17, 15) is 19.8 Å².